The van der Waals surface area contributed by atoms with E-state index in [4.69, 9.17) is 4.98 Å². The second-order valence-corrected chi connectivity index (χ2v) is 8.88. The van der Waals surface area contributed by atoms with E-state index in [1.165, 1.54) is 25.5 Å². The number of hydrogen-bond donors (Lipinski definition) is 0. The molecule has 0 spiro atoms. The predicted octanol–water partition coefficient (Wildman–Crippen LogP) is 6.36. The van der Waals surface area contributed by atoms with Gasteiger partial charge in [-0.15, -0.1) is 11.3 Å². The highest BCUT2D eigenvalue weighted by atomic mass is 32.1. The largest absolute Gasteiger partial charge is 0.241 e. The van der Waals surface area contributed by atoms with Crippen LogP contribution in [-0.2, 0) is 5.41 Å². The van der Waals surface area contributed by atoms with Crippen LogP contribution in [0.1, 0.15) is 49.1 Å². The van der Waals surface area contributed by atoms with E-state index in [0.29, 0.717) is 5.92 Å². The fraction of sp³-hybridized carbons (Fsp3) is 0.300. The van der Waals surface area contributed by atoms with E-state index in [1.54, 1.807) is 11.5 Å². The molecule has 0 N–H and O–H groups in total. The van der Waals surface area contributed by atoms with E-state index in [9.17, 15) is 0 Å². The van der Waals surface area contributed by atoms with Crippen LogP contribution in [0, 0.1) is 0 Å². The third-order valence-electron chi connectivity index (χ3n) is 4.57. The molecule has 0 radical (unpaired) electrons. The van der Waals surface area contributed by atoms with Gasteiger partial charge in [-0.05, 0) is 35.3 Å². The van der Waals surface area contributed by atoms with E-state index in [0.717, 1.165) is 11.0 Å². The van der Waals surface area contributed by atoms with Crippen molar-refractivity contribution in [2.45, 2.75) is 39.0 Å². The van der Waals surface area contributed by atoms with Crippen LogP contribution in [0.4, 0.5) is 0 Å². The summed E-state index contributed by atoms with van der Waals surface area (Å²) in [6.07, 6.45) is 0. The molecule has 4 aromatic rings. The van der Waals surface area contributed by atoms with Gasteiger partial charge in [0, 0.05) is 21.6 Å². The smallest absolute Gasteiger partial charge is 0.0963 e. The van der Waals surface area contributed by atoms with Gasteiger partial charge in [0.25, 0.3) is 0 Å². The fourth-order valence-corrected chi connectivity index (χ4v) is 5.02. The van der Waals surface area contributed by atoms with Crippen molar-refractivity contribution in [2.24, 2.45) is 0 Å². The Morgan fingerprint density at radius 1 is 1.00 bits per heavy atom. The van der Waals surface area contributed by atoms with E-state index in [2.05, 4.69) is 74.5 Å². The minimum absolute atomic E-state index is 0.0725. The summed E-state index contributed by atoms with van der Waals surface area (Å²) in [6, 6.07) is 15.1. The van der Waals surface area contributed by atoms with Crippen molar-refractivity contribution in [3.63, 3.8) is 0 Å². The molecule has 24 heavy (non-hydrogen) atoms. The van der Waals surface area contributed by atoms with Crippen LogP contribution in [-0.4, -0.2) is 9.36 Å². The Kier molecular flexibility index (Phi) is 3.70. The average molecular weight is 353 g/mol. The zero-order chi connectivity index (χ0) is 16.9. The van der Waals surface area contributed by atoms with Gasteiger partial charge >= 0.3 is 0 Å². The van der Waals surface area contributed by atoms with E-state index >= 15 is 0 Å². The number of aromatic nitrogens is 2. The van der Waals surface area contributed by atoms with Crippen molar-refractivity contribution in [1.29, 1.82) is 0 Å². The van der Waals surface area contributed by atoms with Gasteiger partial charge in [-0.2, -0.15) is 4.37 Å². The zero-order valence-electron chi connectivity index (χ0n) is 14.3. The maximum atomic E-state index is 4.76. The van der Waals surface area contributed by atoms with Gasteiger partial charge < -0.3 is 0 Å². The van der Waals surface area contributed by atoms with Gasteiger partial charge in [-0.1, -0.05) is 52.0 Å². The first-order chi connectivity index (χ1) is 11.5. The number of fused-ring (bicyclic) bond motifs is 2. The summed E-state index contributed by atoms with van der Waals surface area (Å²) in [5.41, 5.74) is 3.45. The van der Waals surface area contributed by atoms with Crippen molar-refractivity contribution in [3.8, 4) is 0 Å². The summed E-state index contributed by atoms with van der Waals surface area (Å²) in [5.74, 6) is 0.476. The van der Waals surface area contributed by atoms with Gasteiger partial charge in [-0.25, -0.2) is 4.98 Å². The van der Waals surface area contributed by atoms with E-state index in [-0.39, 0.29) is 5.41 Å². The number of thiazole rings is 1. The Labute approximate surface area is 150 Å². The molecular formula is C20H20N2S2. The molecule has 0 amide bonds. The van der Waals surface area contributed by atoms with Crippen molar-refractivity contribution >= 4 is 44.0 Å². The van der Waals surface area contributed by atoms with Crippen LogP contribution in [0.2, 0.25) is 0 Å². The lowest BCUT2D eigenvalue weighted by atomic mass is 9.82. The molecule has 2 aromatic heterocycles. The van der Waals surface area contributed by atoms with Gasteiger partial charge in [0.2, 0.25) is 0 Å². The third-order valence-corrected chi connectivity index (χ3v) is 7.09. The molecule has 0 atom stereocenters. The highest BCUT2D eigenvalue weighted by molar-refractivity contribution is 7.18. The van der Waals surface area contributed by atoms with Gasteiger partial charge in [0.15, 0.2) is 0 Å². The second kappa shape index (κ2) is 5.64. The van der Waals surface area contributed by atoms with Crippen LogP contribution >= 0.6 is 22.9 Å². The molecule has 0 aliphatic carbocycles. The van der Waals surface area contributed by atoms with Crippen molar-refractivity contribution in [3.05, 3.63) is 57.9 Å². The third kappa shape index (κ3) is 2.45. The topological polar surface area (TPSA) is 25.8 Å². The summed E-state index contributed by atoms with van der Waals surface area (Å²) in [4.78, 5) is 6.08. The first-order valence-electron chi connectivity index (χ1n) is 8.22. The Hall–Kier alpha value is -1.78. The van der Waals surface area contributed by atoms with E-state index < -0.39 is 0 Å². The minimum Gasteiger partial charge on any atom is -0.241 e. The predicted molar refractivity (Wildman–Crippen MR) is 105 cm³/mol. The van der Waals surface area contributed by atoms with Gasteiger partial charge in [0.1, 0.15) is 0 Å². The maximum Gasteiger partial charge on any atom is 0.0963 e. The molecule has 0 aliphatic rings. The molecule has 0 aliphatic heterocycles. The number of hydrogen-bond acceptors (Lipinski definition) is 4. The Balaban J connectivity index is 1.85. The first-order valence-corrected chi connectivity index (χ1v) is 9.81. The number of nitrogens with zero attached hydrogens (tertiary/aromatic N) is 2. The van der Waals surface area contributed by atoms with Crippen LogP contribution in [0.15, 0.2) is 42.5 Å². The summed E-state index contributed by atoms with van der Waals surface area (Å²) in [6.45, 7) is 8.98. The normalized spacial score (nSPS) is 12.5. The quantitative estimate of drug-likeness (QED) is 0.429. The van der Waals surface area contributed by atoms with Crippen molar-refractivity contribution in [1.82, 2.24) is 9.36 Å². The second-order valence-electron chi connectivity index (χ2n) is 7.04. The maximum absolute atomic E-state index is 4.76. The Morgan fingerprint density at radius 3 is 2.58 bits per heavy atom. The molecule has 4 heteroatoms. The summed E-state index contributed by atoms with van der Waals surface area (Å²) in [7, 11) is 0. The summed E-state index contributed by atoms with van der Waals surface area (Å²) >= 11 is 3.43. The standard InChI is InChI=1S/C20H20N2S2/c1-12(2)19-21-16-10-9-13(11-17(16)23-19)20(3,4)18-14-7-5-6-8-15(14)22-24-18/h5-12H,1-4H3. The molecule has 122 valence electrons. The molecule has 0 fully saturated rings. The van der Waals surface area contributed by atoms with Crippen LogP contribution < -0.4 is 0 Å². The molecule has 2 nitrogen and oxygen atoms in total. The Bertz CT molecular complexity index is 1020. The highest BCUT2D eigenvalue weighted by Gasteiger charge is 2.28. The number of benzene rings is 2. The minimum atomic E-state index is -0.0725. The molecule has 0 saturated heterocycles. The van der Waals surface area contributed by atoms with E-state index in [1.807, 2.05) is 11.3 Å². The fourth-order valence-electron chi connectivity index (χ4n) is 3.05. The van der Waals surface area contributed by atoms with Crippen LogP contribution in [0.3, 0.4) is 0 Å². The van der Waals surface area contributed by atoms with Crippen molar-refractivity contribution < 1.29 is 0 Å². The lowest BCUT2D eigenvalue weighted by Crippen LogP contribution is -2.17. The lowest BCUT2D eigenvalue weighted by molar-refractivity contribution is 0.662. The van der Waals surface area contributed by atoms with Crippen LogP contribution in [0.5, 0.6) is 0 Å². The van der Waals surface area contributed by atoms with Crippen molar-refractivity contribution in [2.75, 3.05) is 0 Å². The molecule has 2 aromatic carbocycles. The van der Waals surface area contributed by atoms with Crippen LogP contribution in [0.25, 0.3) is 21.1 Å². The zero-order valence-corrected chi connectivity index (χ0v) is 16.0. The average Bonchev–Trinajstić information content (AvgIpc) is 3.18. The summed E-state index contributed by atoms with van der Waals surface area (Å²) in [5, 5.41) is 2.47. The molecule has 2 heterocycles. The van der Waals surface area contributed by atoms with Gasteiger partial charge in [-0.3, -0.25) is 0 Å². The van der Waals surface area contributed by atoms with Gasteiger partial charge in [0.05, 0.1) is 20.7 Å². The summed E-state index contributed by atoms with van der Waals surface area (Å²) < 4.78 is 5.91. The lowest BCUT2D eigenvalue weighted by Gasteiger charge is -2.24. The Morgan fingerprint density at radius 2 is 1.79 bits per heavy atom. The molecule has 0 unspecified atom stereocenters. The monoisotopic (exact) mass is 352 g/mol. The molecule has 0 saturated carbocycles. The molecule has 4 rings (SSSR count). The molecule has 0 bridgehead atoms. The first kappa shape index (κ1) is 15.7. The highest BCUT2D eigenvalue weighted by Crippen LogP contribution is 2.40. The number of rotatable bonds is 3. The molecular weight excluding hydrogens is 332 g/mol. The SMILES string of the molecule is CC(C)c1nc2ccc(C(C)(C)c3snc4ccccc34)cc2s1.